The third-order valence-corrected chi connectivity index (χ3v) is 4.62. The Hall–Kier alpha value is -3.92. The standard InChI is InChI=1S/C25H19NO3/c1-17-23(14-10-18-6-8-19(9-7-18)11-15-24(27)28)26-25(29-17)22-13-12-20-4-2-3-5-21(20)16-22/h2-16H,1H3,(H,27,28)/b14-10+,15-11+. The first kappa shape index (κ1) is 18.4. The van der Waals surface area contributed by atoms with Crippen LogP contribution in [0.25, 0.3) is 40.5 Å². The van der Waals surface area contributed by atoms with Gasteiger partial charge < -0.3 is 9.52 Å². The highest BCUT2D eigenvalue weighted by atomic mass is 16.4. The molecule has 0 unspecified atom stereocenters. The molecule has 1 N–H and O–H groups in total. The first-order chi connectivity index (χ1) is 14.1. The second-order valence-electron chi connectivity index (χ2n) is 6.69. The van der Waals surface area contributed by atoms with Gasteiger partial charge >= 0.3 is 5.97 Å². The molecule has 0 spiro atoms. The number of hydrogen-bond acceptors (Lipinski definition) is 3. The monoisotopic (exact) mass is 381 g/mol. The van der Waals surface area contributed by atoms with Gasteiger partial charge in [-0.15, -0.1) is 0 Å². The molecule has 142 valence electrons. The van der Waals surface area contributed by atoms with Crippen molar-refractivity contribution in [3.05, 3.63) is 95.4 Å². The average Bonchev–Trinajstić information content (AvgIpc) is 3.11. The number of hydrogen-bond donors (Lipinski definition) is 1. The van der Waals surface area contributed by atoms with Crippen molar-refractivity contribution in [2.45, 2.75) is 6.92 Å². The van der Waals surface area contributed by atoms with E-state index in [1.165, 1.54) is 5.39 Å². The number of carbonyl (C=O) groups is 1. The summed E-state index contributed by atoms with van der Waals surface area (Å²) in [4.78, 5) is 15.2. The van der Waals surface area contributed by atoms with Gasteiger partial charge in [0.1, 0.15) is 11.5 Å². The molecular formula is C25H19NO3. The summed E-state index contributed by atoms with van der Waals surface area (Å²) in [5.74, 6) is 0.394. The van der Waals surface area contributed by atoms with Gasteiger partial charge in [0.2, 0.25) is 5.89 Å². The lowest BCUT2D eigenvalue weighted by molar-refractivity contribution is -0.131. The zero-order chi connectivity index (χ0) is 20.2. The molecule has 0 amide bonds. The van der Waals surface area contributed by atoms with Crippen LogP contribution in [0.1, 0.15) is 22.6 Å². The van der Waals surface area contributed by atoms with Crippen LogP contribution >= 0.6 is 0 Å². The minimum Gasteiger partial charge on any atom is -0.478 e. The van der Waals surface area contributed by atoms with E-state index in [-0.39, 0.29) is 0 Å². The molecule has 0 atom stereocenters. The fraction of sp³-hybridized carbons (Fsp3) is 0.0400. The molecule has 4 nitrogen and oxygen atoms in total. The second-order valence-corrected chi connectivity index (χ2v) is 6.69. The Kier molecular flexibility index (Phi) is 5.08. The molecule has 0 saturated carbocycles. The highest BCUT2D eigenvalue weighted by molar-refractivity contribution is 5.86. The topological polar surface area (TPSA) is 63.3 Å². The van der Waals surface area contributed by atoms with Gasteiger partial charge in [0, 0.05) is 11.6 Å². The molecule has 4 rings (SSSR count). The fourth-order valence-corrected chi connectivity index (χ4v) is 3.07. The molecule has 1 aromatic heterocycles. The lowest BCUT2D eigenvalue weighted by Gasteiger charge is -1.99. The molecule has 3 aromatic carbocycles. The van der Waals surface area contributed by atoms with Crippen molar-refractivity contribution in [1.29, 1.82) is 0 Å². The number of aryl methyl sites for hydroxylation is 1. The van der Waals surface area contributed by atoms with E-state index < -0.39 is 5.97 Å². The van der Waals surface area contributed by atoms with E-state index >= 15 is 0 Å². The summed E-state index contributed by atoms with van der Waals surface area (Å²) in [7, 11) is 0. The molecule has 0 aliphatic carbocycles. The number of rotatable bonds is 5. The van der Waals surface area contributed by atoms with Gasteiger partial charge in [0.25, 0.3) is 0 Å². The van der Waals surface area contributed by atoms with Crippen LogP contribution in [0.5, 0.6) is 0 Å². The van der Waals surface area contributed by atoms with Crippen LogP contribution < -0.4 is 0 Å². The number of nitrogens with zero attached hydrogens (tertiary/aromatic N) is 1. The number of carboxylic acids is 1. The lowest BCUT2D eigenvalue weighted by Crippen LogP contribution is -1.85. The number of benzene rings is 3. The summed E-state index contributed by atoms with van der Waals surface area (Å²) >= 11 is 0. The predicted molar refractivity (Wildman–Crippen MR) is 116 cm³/mol. The molecular weight excluding hydrogens is 362 g/mol. The molecule has 0 radical (unpaired) electrons. The molecule has 4 heteroatoms. The number of fused-ring (bicyclic) bond motifs is 1. The third-order valence-electron chi connectivity index (χ3n) is 4.62. The Balaban J connectivity index is 1.55. The van der Waals surface area contributed by atoms with E-state index in [1.807, 2.05) is 61.5 Å². The van der Waals surface area contributed by atoms with E-state index in [0.29, 0.717) is 5.89 Å². The van der Waals surface area contributed by atoms with Gasteiger partial charge in [0.05, 0.1) is 0 Å². The van der Waals surface area contributed by atoms with Crippen LogP contribution in [0.2, 0.25) is 0 Å². The number of aliphatic carboxylic acids is 1. The lowest BCUT2D eigenvalue weighted by atomic mass is 10.1. The van der Waals surface area contributed by atoms with Crippen LogP contribution in [-0.2, 0) is 4.79 Å². The van der Waals surface area contributed by atoms with Gasteiger partial charge in [-0.25, -0.2) is 9.78 Å². The average molecular weight is 381 g/mol. The van der Waals surface area contributed by atoms with Gasteiger partial charge in [-0.3, -0.25) is 0 Å². The van der Waals surface area contributed by atoms with Crippen LogP contribution in [0.15, 0.2) is 77.2 Å². The van der Waals surface area contributed by atoms with Crippen molar-refractivity contribution in [3.63, 3.8) is 0 Å². The highest BCUT2D eigenvalue weighted by Gasteiger charge is 2.10. The Morgan fingerprint density at radius 3 is 2.31 bits per heavy atom. The quantitative estimate of drug-likeness (QED) is 0.426. The predicted octanol–water partition coefficient (Wildman–Crippen LogP) is 6.07. The van der Waals surface area contributed by atoms with E-state index in [1.54, 1.807) is 6.08 Å². The molecule has 1 heterocycles. The Morgan fingerprint density at radius 2 is 1.59 bits per heavy atom. The molecule has 0 saturated heterocycles. The molecule has 0 aliphatic heterocycles. The smallest absolute Gasteiger partial charge is 0.328 e. The van der Waals surface area contributed by atoms with E-state index in [0.717, 1.165) is 39.6 Å². The van der Waals surface area contributed by atoms with E-state index in [4.69, 9.17) is 9.52 Å². The van der Waals surface area contributed by atoms with Crippen molar-refractivity contribution in [1.82, 2.24) is 4.98 Å². The Morgan fingerprint density at radius 1 is 0.897 bits per heavy atom. The summed E-state index contributed by atoms with van der Waals surface area (Å²) in [6.07, 6.45) is 6.57. The largest absolute Gasteiger partial charge is 0.478 e. The van der Waals surface area contributed by atoms with Crippen LogP contribution in [0.3, 0.4) is 0 Å². The van der Waals surface area contributed by atoms with Crippen molar-refractivity contribution in [2.75, 3.05) is 0 Å². The maximum atomic E-state index is 10.6. The summed E-state index contributed by atoms with van der Waals surface area (Å²) in [5, 5.41) is 11.0. The molecule has 29 heavy (non-hydrogen) atoms. The van der Waals surface area contributed by atoms with Crippen molar-refractivity contribution < 1.29 is 14.3 Å². The minimum atomic E-state index is -0.960. The maximum Gasteiger partial charge on any atom is 0.328 e. The van der Waals surface area contributed by atoms with Crippen molar-refractivity contribution in [2.24, 2.45) is 0 Å². The molecule has 0 aliphatic rings. The summed E-state index contributed by atoms with van der Waals surface area (Å²) in [6.45, 7) is 1.90. The van der Waals surface area contributed by atoms with Crippen LogP contribution in [0, 0.1) is 6.92 Å². The summed E-state index contributed by atoms with van der Waals surface area (Å²) in [6, 6.07) is 22.0. The second kappa shape index (κ2) is 7.98. The molecule has 4 aromatic rings. The van der Waals surface area contributed by atoms with Gasteiger partial charge in [0.15, 0.2) is 0 Å². The van der Waals surface area contributed by atoms with Crippen molar-refractivity contribution in [3.8, 4) is 11.5 Å². The first-order valence-electron chi connectivity index (χ1n) is 9.24. The fourth-order valence-electron chi connectivity index (χ4n) is 3.07. The maximum absolute atomic E-state index is 10.6. The SMILES string of the molecule is Cc1oc(-c2ccc3ccccc3c2)nc1/C=C/c1ccc(/C=C/C(=O)O)cc1. The van der Waals surface area contributed by atoms with E-state index in [9.17, 15) is 4.79 Å². The molecule has 0 bridgehead atoms. The molecule has 0 fully saturated rings. The minimum absolute atomic E-state index is 0.599. The zero-order valence-corrected chi connectivity index (χ0v) is 15.9. The zero-order valence-electron chi connectivity index (χ0n) is 15.9. The first-order valence-corrected chi connectivity index (χ1v) is 9.24. The Labute approximate surface area is 168 Å². The third kappa shape index (κ3) is 4.33. The van der Waals surface area contributed by atoms with Crippen molar-refractivity contribution >= 4 is 35.0 Å². The van der Waals surface area contributed by atoms with Crippen LogP contribution in [-0.4, -0.2) is 16.1 Å². The van der Waals surface area contributed by atoms with E-state index in [2.05, 4.69) is 29.2 Å². The number of aromatic nitrogens is 1. The normalized spacial score (nSPS) is 11.6. The summed E-state index contributed by atoms with van der Waals surface area (Å²) in [5.41, 5.74) is 3.55. The van der Waals surface area contributed by atoms with Gasteiger partial charge in [-0.05, 0) is 53.1 Å². The highest BCUT2D eigenvalue weighted by Crippen LogP contribution is 2.26. The van der Waals surface area contributed by atoms with Gasteiger partial charge in [-0.2, -0.15) is 0 Å². The number of carboxylic acid groups (broad SMARTS) is 1. The van der Waals surface area contributed by atoms with Crippen LogP contribution in [0.4, 0.5) is 0 Å². The van der Waals surface area contributed by atoms with Gasteiger partial charge in [-0.1, -0.05) is 60.7 Å². The Bertz CT molecular complexity index is 1230. The number of oxazole rings is 1. The summed E-state index contributed by atoms with van der Waals surface area (Å²) < 4.78 is 5.88.